The van der Waals surface area contributed by atoms with Gasteiger partial charge in [0.1, 0.15) is 19.8 Å². The maximum Gasteiger partial charge on any atom is 0.168 e. The SMILES string of the molecule is BC(O)(c1cc(F)cc(F)c1OC1CCOCC1)C(C)C. The van der Waals surface area contributed by atoms with Gasteiger partial charge < -0.3 is 14.6 Å². The smallest absolute Gasteiger partial charge is 0.168 e. The first-order valence-corrected chi connectivity index (χ1v) is 7.28. The van der Waals surface area contributed by atoms with E-state index < -0.39 is 17.1 Å². The number of ether oxygens (including phenoxy) is 2. The van der Waals surface area contributed by atoms with Gasteiger partial charge in [0.15, 0.2) is 11.6 Å². The van der Waals surface area contributed by atoms with Crippen LogP contribution in [0.4, 0.5) is 8.78 Å². The summed E-state index contributed by atoms with van der Waals surface area (Å²) < 4.78 is 38.7. The van der Waals surface area contributed by atoms with Crippen molar-refractivity contribution < 1.29 is 23.4 Å². The summed E-state index contributed by atoms with van der Waals surface area (Å²) in [4.78, 5) is 0. The van der Waals surface area contributed by atoms with E-state index in [1.807, 2.05) is 0 Å². The van der Waals surface area contributed by atoms with E-state index >= 15 is 0 Å². The summed E-state index contributed by atoms with van der Waals surface area (Å²) in [5, 5.41) is 10.6. The van der Waals surface area contributed by atoms with Crippen molar-refractivity contribution in [3.05, 3.63) is 29.3 Å². The minimum atomic E-state index is -1.37. The van der Waals surface area contributed by atoms with Crippen LogP contribution in [-0.2, 0) is 10.2 Å². The molecule has 1 aromatic rings. The second-order valence-corrected chi connectivity index (χ2v) is 6.00. The van der Waals surface area contributed by atoms with Crippen LogP contribution in [0.1, 0.15) is 32.3 Å². The number of hydrogen-bond donors (Lipinski definition) is 1. The molecule has 1 heterocycles. The van der Waals surface area contributed by atoms with Gasteiger partial charge in [-0.15, -0.1) is 0 Å². The van der Waals surface area contributed by atoms with Crippen molar-refractivity contribution in [2.75, 3.05) is 13.2 Å². The molecule has 1 saturated heterocycles. The molecule has 0 aromatic heterocycles. The number of halogens is 2. The van der Waals surface area contributed by atoms with E-state index in [4.69, 9.17) is 9.47 Å². The summed E-state index contributed by atoms with van der Waals surface area (Å²) in [5.74, 6) is -1.77. The molecule has 1 unspecified atom stereocenters. The van der Waals surface area contributed by atoms with Gasteiger partial charge in [0, 0.05) is 24.5 Å². The van der Waals surface area contributed by atoms with Crippen molar-refractivity contribution in [3.8, 4) is 5.75 Å². The van der Waals surface area contributed by atoms with E-state index in [0.717, 1.165) is 12.1 Å². The summed E-state index contributed by atoms with van der Waals surface area (Å²) in [6, 6.07) is 1.94. The van der Waals surface area contributed by atoms with Crippen LogP contribution < -0.4 is 4.74 Å². The highest BCUT2D eigenvalue weighted by atomic mass is 19.1. The van der Waals surface area contributed by atoms with E-state index in [1.165, 1.54) is 0 Å². The zero-order valence-electron chi connectivity index (χ0n) is 12.7. The zero-order chi connectivity index (χ0) is 15.6. The minimum absolute atomic E-state index is 0.0537. The van der Waals surface area contributed by atoms with Gasteiger partial charge in [0.05, 0.1) is 18.7 Å². The first-order chi connectivity index (χ1) is 9.82. The minimum Gasteiger partial charge on any atom is -0.487 e. The monoisotopic (exact) mass is 298 g/mol. The Bertz CT molecular complexity index is 500. The fourth-order valence-corrected chi connectivity index (χ4v) is 2.33. The molecule has 1 N–H and O–H groups in total. The largest absolute Gasteiger partial charge is 0.487 e. The van der Waals surface area contributed by atoms with E-state index in [2.05, 4.69) is 0 Å². The molecule has 0 bridgehead atoms. The Morgan fingerprint density at radius 1 is 1.33 bits per heavy atom. The molecule has 0 saturated carbocycles. The molecule has 116 valence electrons. The zero-order valence-corrected chi connectivity index (χ0v) is 12.7. The van der Waals surface area contributed by atoms with Gasteiger partial charge in [-0.05, 0) is 12.0 Å². The molecule has 3 nitrogen and oxygen atoms in total. The fraction of sp³-hybridized carbons (Fsp3) is 0.600. The number of aliphatic hydroxyl groups is 1. The van der Waals surface area contributed by atoms with E-state index in [1.54, 1.807) is 21.7 Å². The highest BCUT2D eigenvalue weighted by molar-refractivity contribution is 6.15. The topological polar surface area (TPSA) is 38.7 Å². The maximum absolute atomic E-state index is 14.2. The molecule has 1 aliphatic heterocycles. The van der Waals surface area contributed by atoms with Gasteiger partial charge >= 0.3 is 0 Å². The number of rotatable bonds is 4. The van der Waals surface area contributed by atoms with E-state index in [9.17, 15) is 13.9 Å². The predicted molar refractivity (Wildman–Crippen MR) is 78.1 cm³/mol. The lowest BCUT2D eigenvalue weighted by molar-refractivity contribution is 0.0191. The van der Waals surface area contributed by atoms with Crippen LogP contribution in [0.15, 0.2) is 12.1 Å². The molecule has 0 radical (unpaired) electrons. The van der Waals surface area contributed by atoms with Gasteiger partial charge in [-0.25, -0.2) is 8.78 Å². The molecule has 1 aliphatic rings. The van der Waals surface area contributed by atoms with E-state index in [-0.39, 0.29) is 23.3 Å². The third-order valence-electron chi connectivity index (χ3n) is 4.13. The van der Waals surface area contributed by atoms with Crippen LogP contribution in [0, 0.1) is 17.6 Å². The van der Waals surface area contributed by atoms with Gasteiger partial charge in [-0.2, -0.15) is 0 Å². The molecular weight excluding hydrogens is 277 g/mol. The normalized spacial score (nSPS) is 19.5. The van der Waals surface area contributed by atoms with Crippen LogP contribution in [0.2, 0.25) is 0 Å². The maximum atomic E-state index is 14.2. The number of benzene rings is 1. The second kappa shape index (κ2) is 6.32. The van der Waals surface area contributed by atoms with Crippen molar-refractivity contribution in [3.63, 3.8) is 0 Å². The lowest BCUT2D eigenvalue weighted by Gasteiger charge is -2.32. The Kier molecular flexibility index (Phi) is 4.89. The standard InChI is InChI=1S/C15H21BF2O3/c1-9(2)15(16,19)12-7-10(17)8-13(18)14(12)21-11-3-5-20-6-4-11/h7-9,11,19H,3-6,16H2,1-2H3. The summed E-state index contributed by atoms with van der Waals surface area (Å²) in [5.41, 5.74) is -1.22. The lowest BCUT2D eigenvalue weighted by atomic mass is 9.68. The highest BCUT2D eigenvalue weighted by Gasteiger charge is 2.33. The molecule has 6 heteroatoms. The number of hydrogen-bond acceptors (Lipinski definition) is 3. The highest BCUT2D eigenvalue weighted by Crippen LogP contribution is 2.37. The van der Waals surface area contributed by atoms with E-state index in [0.29, 0.717) is 26.1 Å². The fourth-order valence-electron chi connectivity index (χ4n) is 2.33. The molecule has 1 fully saturated rings. The Labute approximate surface area is 124 Å². The van der Waals surface area contributed by atoms with Gasteiger partial charge in [-0.3, -0.25) is 0 Å². The Balaban J connectivity index is 2.38. The average molecular weight is 298 g/mol. The van der Waals surface area contributed by atoms with Gasteiger partial charge in [0.25, 0.3) is 0 Å². The van der Waals surface area contributed by atoms with Crippen molar-refractivity contribution in [1.82, 2.24) is 0 Å². The molecule has 1 aromatic carbocycles. The molecule has 0 spiro atoms. The third kappa shape index (κ3) is 3.55. The van der Waals surface area contributed by atoms with Crippen LogP contribution in [0.5, 0.6) is 5.75 Å². The van der Waals surface area contributed by atoms with Crippen LogP contribution in [0.3, 0.4) is 0 Å². The molecule has 0 aliphatic carbocycles. The molecule has 21 heavy (non-hydrogen) atoms. The first-order valence-electron chi connectivity index (χ1n) is 7.28. The first kappa shape index (κ1) is 16.2. The molecular formula is C15H21BF2O3. The summed E-state index contributed by atoms with van der Waals surface area (Å²) in [6.45, 7) is 4.70. The quantitative estimate of drug-likeness (QED) is 0.864. The van der Waals surface area contributed by atoms with Crippen LogP contribution in [-0.4, -0.2) is 32.3 Å². The summed E-state index contributed by atoms with van der Waals surface area (Å²) in [6.07, 6.45) is 1.13. The van der Waals surface area contributed by atoms with Crippen molar-refractivity contribution in [2.24, 2.45) is 5.92 Å². The van der Waals surface area contributed by atoms with Gasteiger partial charge in [0.2, 0.25) is 0 Å². The lowest BCUT2D eigenvalue weighted by Crippen LogP contribution is -2.34. The van der Waals surface area contributed by atoms with Gasteiger partial charge in [-0.1, -0.05) is 13.8 Å². The van der Waals surface area contributed by atoms with Crippen LogP contribution in [0.25, 0.3) is 0 Å². The summed E-state index contributed by atoms with van der Waals surface area (Å²) in [7, 11) is 1.54. The summed E-state index contributed by atoms with van der Waals surface area (Å²) >= 11 is 0. The third-order valence-corrected chi connectivity index (χ3v) is 4.13. The van der Waals surface area contributed by atoms with Crippen molar-refractivity contribution in [1.29, 1.82) is 0 Å². The Hall–Kier alpha value is -1.14. The second-order valence-electron chi connectivity index (χ2n) is 6.00. The van der Waals surface area contributed by atoms with Crippen LogP contribution >= 0.6 is 0 Å². The predicted octanol–water partition coefficient (Wildman–Crippen LogP) is 1.96. The Morgan fingerprint density at radius 2 is 1.95 bits per heavy atom. The molecule has 1 atom stereocenters. The molecule has 2 rings (SSSR count). The Morgan fingerprint density at radius 3 is 2.52 bits per heavy atom. The molecule has 0 amide bonds. The average Bonchev–Trinajstić information content (AvgIpc) is 2.42. The van der Waals surface area contributed by atoms with Crippen molar-refractivity contribution >= 4 is 7.85 Å². The van der Waals surface area contributed by atoms with Crippen molar-refractivity contribution in [2.45, 2.75) is 38.3 Å².